The van der Waals surface area contributed by atoms with Gasteiger partial charge in [-0.25, -0.2) is 0 Å². The minimum Gasteiger partial charge on any atom is -0.268 e. The Bertz CT molecular complexity index is 387. The molecule has 0 saturated carbocycles. The molecule has 0 bridgehead atoms. The molecule has 1 aromatic carbocycles. The average Bonchev–Trinajstić information content (AvgIpc) is 2.03. The number of benzene rings is 1. The predicted octanol–water partition coefficient (Wildman–Crippen LogP) is 1.91. The summed E-state index contributed by atoms with van der Waals surface area (Å²) < 4.78 is 30.6. The van der Waals surface area contributed by atoms with Crippen LogP contribution in [0.3, 0.4) is 0 Å². The Hall–Kier alpha value is -0.590. The molecule has 0 heterocycles. The van der Waals surface area contributed by atoms with Crippen LogP contribution < -0.4 is 3.33 Å². The van der Waals surface area contributed by atoms with E-state index in [1.807, 2.05) is 6.92 Å². The standard InChI is InChI=1S/C7H8BrNO3S/c1-6-2-4-7(5-3-6)9(8)13(10,11)12/h2-5H,1H3,(H,10,11,12). The first kappa shape index (κ1) is 10.5. The molecule has 0 aliphatic heterocycles. The van der Waals surface area contributed by atoms with Gasteiger partial charge in [-0.2, -0.15) is 11.7 Å². The average molecular weight is 266 g/mol. The summed E-state index contributed by atoms with van der Waals surface area (Å²) in [6, 6.07) is 6.65. The molecular formula is C7H8BrNO3S. The van der Waals surface area contributed by atoms with Crippen LogP contribution in [0.1, 0.15) is 5.56 Å². The van der Waals surface area contributed by atoms with E-state index in [0.717, 1.165) is 5.56 Å². The molecule has 6 heteroatoms. The molecule has 0 radical (unpaired) electrons. The monoisotopic (exact) mass is 265 g/mol. The van der Waals surface area contributed by atoms with Gasteiger partial charge in [0.15, 0.2) is 0 Å². The molecule has 0 aliphatic carbocycles. The number of hydrogen-bond acceptors (Lipinski definition) is 2. The van der Waals surface area contributed by atoms with Crippen molar-refractivity contribution in [3.63, 3.8) is 0 Å². The highest BCUT2D eigenvalue weighted by Gasteiger charge is 2.15. The zero-order chi connectivity index (χ0) is 10.1. The fourth-order valence-corrected chi connectivity index (χ4v) is 1.42. The Balaban J connectivity index is 3.04. The molecule has 0 aliphatic rings. The first-order valence-electron chi connectivity index (χ1n) is 3.41. The number of rotatable bonds is 2. The summed E-state index contributed by atoms with van der Waals surface area (Å²) in [5.41, 5.74) is 1.37. The largest absolute Gasteiger partial charge is 0.369 e. The van der Waals surface area contributed by atoms with Crippen LogP contribution in [-0.4, -0.2) is 13.0 Å². The van der Waals surface area contributed by atoms with E-state index in [-0.39, 0.29) is 0 Å². The minimum atomic E-state index is -4.22. The summed E-state index contributed by atoms with van der Waals surface area (Å²) in [4.78, 5) is 0. The zero-order valence-electron chi connectivity index (χ0n) is 6.81. The topological polar surface area (TPSA) is 57.6 Å². The smallest absolute Gasteiger partial charge is 0.268 e. The minimum absolute atomic E-state index is 0.355. The first-order valence-corrected chi connectivity index (χ1v) is 5.52. The van der Waals surface area contributed by atoms with Gasteiger partial charge < -0.3 is 0 Å². The van der Waals surface area contributed by atoms with Gasteiger partial charge in [-0.15, -0.1) is 0 Å². The van der Waals surface area contributed by atoms with Gasteiger partial charge in [0.25, 0.3) is 0 Å². The molecule has 0 spiro atoms. The Labute approximate surface area is 85.4 Å². The molecule has 1 rings (SSSR count). The van der Waals surface area contributed by atoms with E-state index in [0.29, 0.717) is 9.02 Å². The van der Waals surface area contributed by atoms with E-state index in [4.69, 9.17) is 4.55 Å². The molecular weight excluding hydrogens is 258 g/mol. The van der Waals surface area contributed by atoms with Crippen molar-refractivity contribution < 1.29 is 13.0 Å². The Morgan fingerprint density at radius 3 is 2.15 bits per heavy atom. The normalized spacial score (nSPS) is 11.3. The van der Waals surface area contributed by atoms with E-state index in [2.05, 4.69) is 16.1 Å². The summed E-state index contributed by atoms with van der Waals surface area (Å²) in [5.74, 6) is 0. The number of nitrogens with zero attached hydrogens (tertiary/aromatic N) is 1. The molecule has 0 fully saturated rings. The van der Waals surface area contributed by atoms with E-state index < -0.39 is 10.3 Å². The van der Waals surface area contributed by atoms with E-state index in [1.165, 1.54) is 0 Å². The van der Waals surface area contributed by atoms with Crippen molar-refractivity contribution in [3.05, 3.63) is 29.8 Å². The van der Waals surface area contributed by atoms with Crippen molar-refractivity contribution >= 4 is 32.1 Å². The van der Waals surface area contributed by atoms with Crippen molar-refractivity contribution in [2.75, 3.05) is 3.33 Å². The summed E-state index contributed by atoms with van der Waals surface area (Å²) in [6.45, 7) is 1.88. The first-order chi connectivity index (χ1) is 5.91. The molecule has 1 aromatic rings. The molecule has 0 saturated heterocycles. The predicted molar refractivity (Wildman–Crippen MR) is 54.1 cm³/mol. The van der Waals surface area contributed by atoms with Crippen LogP contribution in [0.5, 0.6) is 0 Å². The lowest BCUT2D eigenvalue weighted by Gasteiger charge is -2.11. The van der Waals surface area contributed by atoms with Gasteiger partial charge >= 0.3 is 10.3 Å². The molecule has 72 valence electrons. The van der Waals surface area contributed by atoms with E-state index >= 15 is 0 Å². The lowest BCUT2D eigenvalue weighted by Crippen LogP contribution is -2.18. The van der Waals surface area contributed by atoms with Crippen molar-refractivity contribution in [1.82, 2.24) is 0 Å². The molecule has 4 nitrogen and oxygen atoms in total. The second-order valence-corrected chi connectivity index (χ2v) is 4.97. The van der Waals surface area contributed by atoms with Crippen LogP contribution >= 0.6 is 16.1 Å². The maximum Gasteiger partial charge on any atom is 0.369 e. The molecule has 0 aromatic heterocycles. The summed E-state index contributed by atoms with van der Waals surface area (Å²) >= 11 is 2.73. The van der Waals surface area contributed by atoms with Gasteiger partial charge in [0, 0.05) is 0 Å². The van der Waals surface area contributed by atoms with Crippen LogP contribution in [0.25, 0.3) is 0 Å². The third kappa shape index (κ3) is 2.68. The van der Waals surface area contributed by atoms with Gasteiger partial charge in [-0.05, 0) is 19.1 Å². The van der Waals surface area contributed by atoms with Crippen molar-refractivity contribution in [3.8, 4) is 0 Å². The SMILES string of the molecule is Cc1ccc(N(Br)S(=O)(=O)O)cc1. The molecule has 13 heavy (non-hydrogen) atoms. The molecule has 0 amide bonds. The highest BCUT2D eigenvalue weighted by molar-refractivity contribution is 9.11. The fraction of sp³-hybridized carbons (Fsp3) is 0.143. The van der Waals surface area contributed by atoms with Crippen molar-refractivity contribution in [2.24, 2.45) is 0 Å². The zero-order valence-corrected chi connectivity index (χ0v) is 9.21. The number of hydrogen-bond donors (Lipinski definition) is 1. The quantitative estimate of drug-likeness (QED) is 0.657. The number of halogens is 1. The second kappa shape index (κ2) is 3.65. The second-order valence-electron chi connectivity index (χ2n) is 2.53. The van der Waals surface area contributed by atoms with Crippen LogP contribution in [0, 0.1) is 6.92 Å². The number of anilines is 1. The van der Waals surface area contributed by atoms with Crippen LogP contribution in [-0.2, 0) is 10.3 Å². The van der Waals surface area contributed by atoms with Gasteiger partial charge in [0.1, 0.15) is 0 Å². The summed E-state index contributed by atoms with van der Waals surface area (Å²) in [6.07, 6.45) is 0. The summed E-state index contributed by atoms with van der Waals surface area (Å²) in [7, 11) is -4.22. The highest BCUT2D eigenvalue weighted by atomic mass is 79.9. The van der Waals surface area contributed by atoms with Gasteiger partial charge in [0.05, 0.1) is 21.8 Å². The Morgan fingerprint density at radius 1 is 1.31 bits per heavy atom. The maximum atomic E-state index is 10.7. The Morgan fingerprint density at radius 2 is 1.77 bits per heavy atom. The van der Waals surface area contributed by atoms with Crippen LogP contribution in [0.4, 0.5) is 5.69 Å². The van der Waals surface area contributed by atoms with Gasteiger partial charge in [-0.1, -0.05) is 17.7 Å². The van der Waals surface area contributed by atoms with Crippen LogP contribution in [0.2, 0.25) is 0 Å². The lowest BCUT2D eigenvalue weighted by atomic mass is 10.2. The van der Waals surface area contributed by atoms with Gasteiger partial charge in [0.2, 0.25) is 0 Å². The maximum absolute atomic E-state index is 10.7. The fourth-order valence-electron chi connectivity index (χ4n) is 0.795. The molecule has 0 unspecified atom stereocenters. The van der Waals surface area contributed by atoms with Crippen LogP contribution in [0.15, 0.2) is 24.3 Å². The van der Waals surface area contributed by atoms with E-state index in [1.54, 1.807) is 24.3 Å². The van der Waals surface area contributed by atoms with Crippen molar-refractivity contribution in [2.45, 2.75) is 6.92 Å². The lowest BCUT2D eigenvalue weighted by molar-refractivity contribution is 0.486. The third-order valence-electron chi connectivity index (χ3n) is 1.44. The molecule has 1 N–H and O–H groups in total. The Kier molecular flexibility index (Phi) is 2.94. The third-order valence-corrected chi connectivity index (χ3v) is 3.56. The highest BCUT2D eigenvalue weighted by Crippen LogP contribution is 2.21. The van der Waals surface area contributed by atoms with E-state index in [9.17, 15) is 8.42 Å². The van der Waals surface area contributed by atoms with Crippen molar-refractivity contribution in [1.29, 1.82) is 0 Å². The summed E-state index contributed by atoms with van der Waals surface area (Å²) in [5, 5.41) is 0. The molecule has 0 atom stereocenters. The number of aryl methyl sites for hydroxylation is 1. The van der Waals surface area contributed by atoms with Gasteiger partial charge in [-0.3, -0.25) is 4.55 Å².